The molecule has 0 amide bonds. The van der Waals surface area contributed by atoms with Crippen LogP contribution in [0.15, 0.2) is 52.2 Å². The van der Waals surface area contributed by atoms with E-state index in [1.165, 1.54) is 10.6 Å². The number of aromatic nitrogens is 1. The molecule has 0 radical (unpaired) electrons. The number of nitrogens with two attached hydrogens (primary N) is 1. The molecule has 3 aromatic rings. The van der Waals surface area contributed by atoms with Crippen LogP contribution in [-0.4, -0.2) is 13.0 Å². The molecule has 1 heterocycles. The first-order valence-electron chi connectivity index (χ1n) is 6.82. The minimum atomic E-state index is -3.88. The molecule has 2 aromatic carbocycles. The highest BCUT2D eigenvalue weighted by atomic mass is 35.5. The third-order valence-electron chi connectivity index (χ3n) is 3.78. The maximum atomic E-state index is 12.0. The number of aryl methyl sites for hydroxylation is 1. The van der Waals surface area contributed by atoms with E-state index in [9.17, 15) is 13.2 Å². The van der Waals surface area contributed by atoms with Crippen LogP contribution in [0, 0.1) is 0 Å². The Morgan fingerprint density at radius 3 is 2.38 bits per heavy atom. The number of halogens is 2. The Bertz CT molecular complexity index is 1140. The molecule has 3 rings (SSSR count). The van der Waals surface area contributed by atoms with Crippen LogP contribution in [-0.2, 0) is 17.1 Å². The van der Waals surface area contributed by atoms with E-state index in [0.29, 0.717) is 22.0 Å². The Hall–Kier alpha value is -1.86. The molecule has 0 fully saturated rings. The molecule has 0 aliphatic carbocycles. The van der Waals surface area contributed by atoms with Gasteiger partial charge in [0.15, 0.2) is 0 Å². The second kappa shape index (κ2) is 5.89. The van der Waals surface area contributed by atoms with Crippen LogP contribution in [0.2, 0.25) is 10.0 Å². The fourth-order valence-electron chi connectivity index (χ4n) is 2.59. The highest BCUT2D eigenvalue weighted by molar-refractivity contribution is 7.89. The summed E-state index contributed by atoms with van der Waals surface area (Å²) in [6.07, 6.45) is 0. The molecule has 124 valence electrons. The Morgan fingerprint density at radius 1 is 1.04 bits per heavy atom. The SMILES string of the molecule is Cn1c(=O)c(Cl)c(Cl)c2cc(-c3ccccc3S(N)(=O)=O)ccc21. The summed E-state index contributed by atoms with van der Waals surface area (Å²) >= 11 is 12.2. The fraction of sp³-hybridized carbons (Fsp3) is 0.0625. The van der Waals surface area contributed by atoms with Crippen molar-refractivity contribution in [2.75, 3.05) is 0 Å². The minimum absolute atomic E-state index is 0.0105. The summed E-state index contributed by atoms with van der Waals surface area (Å²) in [5, 5.41) is 5.88. The molecule has 0 bridgehead atoms. The number of rotatable bonds is 2. The van der Waals surface area contributed by atoms with Gasteiger partial charge in [0.2, 0.25) is 10.0 Å². The number of hydrogen-bond donors (Lipinski definition) is 1. The highest BCUT2D eigenvalue weighted by Crippen LogP contribution is 2.33. The van der Waals surface area contributed by atoms with E-state index in [0.717, 1.165) is 0 Å². The van der Waals surface area contributed by atoms with Crippen LogP contribution in [0.3, 0.4) is 0 Å². The Balaban J connectivity index is 2.38. The van der Waals surface area contributed by atoms with Crippen molar-refractivity contribution in [2.24, 2.45) is 12.2 Å². The predicted octanol–water partition coefficient (Wildman–Crippen LogP) is 3.16. The summed E-state index contributed by atoms with van der Waals surface area (Å²) in [6.45, 7) is 0. The Morgan fingerprint density at radius 2 is 1.71 bits per heavy atom. The molecule has 1 aromatic heterocycles. The van der Waals surface area contributed by atoms with E-state index in [1.54, 1.807) is 43.4 Å². The van der Waals surface area contributed by atoms with E-state index < -0.39 is 15.6 Å². The molecule has 8 heteroatoms. The normalized spacial score (nSPS) is 11.8. The van der Waals surface area contributed by atoms with Crippen LogP contribution in [0.4, 0.5) is 0 Å². The second-order valence-electron chi connectivity index (χ2n) is 5.27. The van der Waals surface area contributed by atoms with Gasteiger partial charge in [-0.15, -0.1) is 0 Å². The number of pyridine rings is 1. The first kappa shape index (κ1) is 17.0. The van der Waals surface area contributed by atoms with Crippen molar-refractivity contribution in [3.63, 3.8) is 0 Å². The average molecular weight is 383 g/mol. The fourth-order valence-corrected chi connectivity index (χ4v) is 3.82. The first-order valence-corrected chi connectivity index (χ1v) is 9.12. The zero-order valence-electron chi connectivity index (χ0n) is 12.5. The average Bonchev–Trinajstić information content (AvgIpc) is 2.57. The lowest BCUT2D eigenvalue weighted by Crippen LogP contribution is -2.17. The summed E-state index contributed by atoms with van der Waals surface area (Å²) in [4.78, 5) is 12.0. The van der Waals surface area contributed by atoms with E-state index in [-0.39, 0.29) is 14.9 Å². The Labute approximate surface area is 148 Å². The van der Waals surface area contributed by atoms with Crippen LogP contribution in [0.25, 0.3) is 22.0 Å². The van der Waals surface area contributed by atoms with Gasteiger partial charge in [0, 0.05) is 18.0 Å². The van der Waals surface area contributed by atoms with Crippen molar-refractivity contribution < 1.29 is 8.42 Å². The van der Waals surface area contributed by atoms with Crippen molar-refractivity contribution in [1.29, 1.82) is 0 Å². The van der Waals surface area contributed by atoms with Gasteiger partial charge in [-0.3, -0.25) is 4.79 Å². The topological polar surface area (TPSA) is 82.2 Å². The predicted molar refractivity (Wildman–Crippen MR) is 96.0 cm³/mol. The van der Waals surface area contributed by atoms with Crippen LogP contribution >= 0.6 is 23.2 Å². The minimum Gasteiger partial charge on any atom is -0.310 e. The molecule has 5 nitrogen and oxygen atoms in total. The monoisotopic (exact) mass is 382 g/mol. The Kier molecular flexibility index (Phi) is 4.17. The third kappa shape index (κ3) is 2.71. The van der Waals surface area contributed by atoms with Crippen molar-refractivity contribution >= 4 is 44.1 Å². The number of hydrogen-bond acceptors (Lipinski definition) is 3. The van der Waals surface area contributed by atoms with Gasteiger partial charge in [-0.2, -0.15) is 0 Å². The number of primary sulfonamides is 1. The van der Waals surface area contributed by atoms with Crippen LogP contribution in [0.1, 0.15) is 0 Å². The van der Waals surface area contributed by atoms with Crippen LogP contribution < -0.4 is 10.7 Å². The molecule has 0 saturated carbocycles. The van der Waals surface area contributed by atoms with Crippen molar-refractivity contribution in [3.05, 3.63) is 62.9 Å². The van der Waals surface area contributed by atoms with E-state index >= 15 is 0 Å². The molecule has 0 saturated heterocycles. The summed E-state index contributed by atoms with van der Waals surface area (Å²) in [7, 11) is -2.29. The number of nitrogens with zero attached hydrogens (tertiary/aromatic N) is 1. The summed E-state index contributed by atoms with van der Waals surface area (Å²) in [6, 6.07) is 11.5. The number of sulfonamides is 1. The van der Waals surface area contributed by atoms with Gasteiger partial charge >= 0.3 is 0 Å². The van der Waals surface area contributed by atoms with Crippen molar-refractivity contribution in [1.82, 2.24) is 4.57 Å². The maximum Gasteiger partial charge on any atom is 0.271 e. The smallest absolute Gasteiger partial charge is 0.271 e. The quantitative estimate of drug-likeness (QED) is 0.738. The number of benzene rings is 2. The largest absolute Gasteiger partial charge is 0.310 e. The molecular weight excluding hydrogens is 371 g/mol. The maximum absolute atomic E-state index is 12.0. The summed E-state index contributed by atoms with van der Waals surface area (Å²) < 4.78 is 25.0. The van der Waals surface area contributed by atoms with Gasteiger partial charge in [-0.25, -0.2) is 13.6 Å². The summed E-state index contributed by atoms with van der Waals surface area (Å²) in [5.74, 6) is 0. The molecular formula is C16H12Cl2N2O3S. The zero-order valence-corrected chi connectivity index (χ0v) is 14.8. The molecule has 0 spiro atoms. The molecule has 0 atom stereocenters. The summed E-state index contributed by atoms with van der Waals surface area (Å²) in [5.41, 5.74) is 1.24. The van der Waals surface area contributed by atoms with Crippen LogP contribution in [0.5, 0.6) is 0 Å². The molecule has 2 N–H and O–H groups in total. The molecule has 0 aliphatic heterocycles. The van der Waals surface area contributed by atoms with Gasteiger partial charge in [0.1, 0.15) is 5.02 Å². The third-order valence-corrected chi connectivity index (χ3v) is 5.59. The van der Waals surface area contributed by atoms with Crippen molar-refractivity contribution in [3.8, 4) is 11.1 Å². The van der Waals surface area contributed by atoms with E-state index in [4.69, 9.17) is 28.3 Å². The van der Waals surface area contributed by atoms with E-state index in [1.807, 2.05) is 0 Å². The first-order chi connectivity index (χ1) is 11.2. The number of fused-ring (bicyclic) bond motifs is 1. The zero-order chi connectivity index (χ0) is 17.6. The standard InChI is InChI=1S/C16H12Cl2N2O3S/c1-20-12-7-6-9(8-11(12)14(17)15(18)16(20)21)10-4-2-3-5-13(10)24(19,22)23/h2-8H,1H3,(H2,19,22,23). The van der Waals surface area contributed by atoms with Gasteiger partial charge < -0.3 is 4.57 Å². The lowest BCUT2D eigenvalue weighted by molar-refractivity contribution is 0.598. The molecule has 0 aliphatic rings. The lowest BCUT2D eigenvalue weighted by Gasteiger charge is -2.12. The van der Waals surface area contributed by atoms with Gasteiger partial charge in [0.05, 0.1) is 15.4 Å². The highest BCUT2D eigenvalue weighted by Gasteiger charge is 2.17. The second-order valence-corrected chi connectivity index (χ2v) is 7.55. The molecule has 24 heavy (non-hydrogen) atoms. The van der Waals surface area contributed by atoms with Crippen molar-refractivity contribution in [2.45, 2.75) is 4.90 Å². The van der Waals surface area contributed by atoms with E-state index in [2.05, 4.69) is 0 Å². The van der Waals surface area contributed by atoms with Gasteiger partial charge in [-0.1, -0.05) is 47.5 Å². The molecule has 0 unspecified atom stereocenters. The lowest BCUT2D eigenvalue weighted by atomic mass is 10.0. The van der Waals surface area contributed by atoms with Gasteiger partial charge in [-0.05, 0) is 23.8 Å². The van der Waals surface area contributed by atoms with Gasteiger partial charge in [0.25, 0.3) is 5.56 Å².